The van der Waals surface area contributed by atoms with E-state index in [-0.39, 0.29) is 11.8 Å². The summed E-state index contributed by atoms with van der Waals surface area (Å²) in [4.78, 5) is 24.8. The van der Waals surface area contributed by atoms with Crippen LogP contribution in [0.4, 0.5) is 0 Å². The molecule has 1 N–H and O–H groups in total. The second-order valence-corrected chi connectivity index (χ2v) is 6.05. The van der Waals surface area contributed by atoms with E-state index in [1.807, 2.05) is 24.3 Å². The number of benzene rings is 1. The van der Waals surface area contributed by atoms with Crippen molar-refractivity contribution in [2.75, 3.05) is 13.1 Å². The third-order valence-electron chi connectivity index (χ3n) is 3.44. The van der Waals surface area contributed by atoms with Gasteiger partial charge in [0.05, 0.1) is 12.3 Å². The number of halogens is 1. The highest BCUT2D eigenvalue weighted by atomic mass is 127. The van der Waals surface area contributed by atoms with Crippen molar-refractivity contribution in [1.82, 2.24) is 4.90 Å². The summed E-state index contributed by atoms with van der Waals surface area (Å²) in [5.74, 6) is -0.947. The van der Waals surface area contributed by atoms with Gasteiger partial charge in [0.15, 0.2) is 0 Å². The van der Waals surface area contributed by atoms with Gasteiger partial charge in [-0.15, -0.1) is 0 Å². The molecule has 19 heavy (non-hydrogen) atoms. The molecule has 0 spiro atoms. The van der Waals surface area contributed by atoms with Gasteiger partial charge in [-0.25, -0.2) is 0 Å². The second-order valence-electron chi connectivity index (χ2n) is 4.80. The van der Waals surface area contributed by atoms with Crippen molar-refractivity contribution in [2.45, 2.75) is 19.3 Å². The SMILES string of the molecule is O=C(O)C1CCN(C(=O)Cc2cccc(I)c2)CC1. The van der Waals surface area contributed by atoms with Crippen molar-refractivity contribution in [3.63, 3.8) is 0 Å². The minimum Gasteiger partial charge on any atom is -0.481 e. The van der Waals surface area contributed by atoms with E-state index in [4.69, 9.17) is 5.11 Å². The molecule has 0 aromatic heterocycles. The quantitative estimate of drug-likeness (QED) is 0.827. The first-order chi connectivity index (χ1) is 9.06. The fourth-order valence-electron chi connectivity index (χ4n) is 2.31. The Kier molecular flexibility index (Phi) is 4.79. The first kappa shape index (κ1) is 14.3. The van der Waals surface area contributed by atoms with Crippen LogP contribution in [-0.2, 0) is 16.0 Å². The zero-order chi connectivity index (χ0) is 13.8. The number of aliphatic carboxylic acids is 1. The first-order valence-electron chi connectivity index (χ1n) is 6.31. The third kappa shape index (κ3) is 3.92. The summed E-state index contributed by atoms with van der Waals surface area (Å²) in [6.07, 6.45) is 1.52. The van der Waals surface area contributed by atoms with Crippen LogP contribution in [0.2, 0.25) is 0 Å². The molecule has 0 bridgehead atoms. The molecule has 0 radical (unpaired) electrons. The number of hydrogen-bond donors (Lipinski definition) is 1. The Balaban J connectivity index is 1.90. The van der Waals surface area contributed by atoms with Crippen LogP contribution in [-0.4, -0.2) is 35.0 Å². The van der Waals surface area contributed by atoms with Gasteiger partial charge in [0, 0.05) is 16.7 Å². The minimum absolute atomic E-state index is 0.0887. The van der Waals surface area contributed by atoms with Gasteiger partial charge in [0.2, 0.25) is 5.91 Å². The van der Waals surface area contributed by atoms with Crippen molar-refractivity contribution in [3.8, 4) is 0 Å². The van der Waals surface area contributed by atoms with E-state index in [1.54, 1.807) is 4.90 Å². The van der Waals surface area contributed by atoms with Gasteiger partial charge >= 0.3 is 5.97 Å². The summed E-state index contributed by atoms with van der Waals surface area (Å²) in [7, 11) is 0. The number of rotatable bonds is 3. The molecule has 1 heterocycles. The number of carbonyl (C=O) groups is 2. The highest BCUT2D eigenvalue weighted by Crippen LogP contribution is 2.18. The largest absolute Gasteiger partial charge is 0.481 e. The third-order valence-corrected chi connectivity index (χ3v) is 4.11. The van der Waals surface area contributed by atoms with E-state index in [1.165, 1.54) is 0 Å². The van der Waals surface area contributed by atoms with Crippen LogP contribution in [0.25, 0.3) is 0 Å². The number of amides is 1. The van der Waals surface area contributed by atoms with Gasteiger partial charge in [-0.05, 0) is 53.1 Å². The standard InChI is InChI=1S/C14H16INO3/c15-12-3-1-2-10(8-12)9-13(17)16-6-4-11(5-7-16)14(18)19/h1-3,8,11H,4-7,9H2,(H,18,19). The van der Waals surface area contributed by atoms with Gasteiger partial charge in [-0.3, -0.25) is 9.59 Å². The lowest BCUT2D eigenvalue weighted by Gasteiger charge is -2.30. The second kappa shape index (κ2) is 6.36. The van der Waals surface area contributed by atoms with Crippen molar-refractivity contribution in [2.24, 2.45) is 5.92 Å². The Morgan fingerprint density at radius 1 is 1.32 bits per heavy atom. The van der Waals surface area contributed by atoms with E-state index in [0.29, 0.717) is 32.4 Å². The Labute approximate surface area is 125 Å². The van der Waals surface area contributed by atoms with Gasteiger partial charge < -0.3 is 10.0 Å². The molecule has 0 atom stereocenters. The van der Waals surface area contributed by atoms with Crippen LogP contribution >= 0.6 is 22.6 Å². The number of likely N-dealkylation sites (tertiary alicyclic amines) is 1. The lowest BCUT2D eigenvalue weighted by molar-refractivity contribution is -0.145. The summed E-state index contributed by atoms with van der Waals surface area (Å²) in [5.41, 5.74) is 1.01. The molecule has 1 amide bonds. The highest BCUT2D eigenvalue weighted by Gasteiger charge is 2.26. The van der Waals surface area contributed by atoms with Crippen molar-refractivity contribution in [1.29, 1.82) is 0 Å². The lowest BCUT2D eigenvalue weighted by Crippen LogP contribution is -2.40. The Morgan fingerprint density at radius 2 is 2.00 bits per heavy atom. The highest BCUT2D eigenvalue weighted by molar-refractivity contribution is 14.1. The molecule has 0 saturated carbocycles. The van der Waals surface area contributed by atoms with Gasteiger partial charge in [-0.1, -0.05) is 12.1 Å². The Bertz CT molecular complexity index is 481. The molecule has 1 aliphatic rings. The van der Waals surface area contributed by atoms with Crippen LogP contribution in [0.3, 0.4) is 0 Å². The molecule has 1 saturated heterocycles. The molecule has 1 aromatic rings. The topological polar surface area (TPSA) is 57.6 Å². The molecule has 1 aliphatic heterocycles. The predicted octanol–water partition coefficient (Wildman–Crippen LogP) is 2.16. The summed E-state index contributed by atoms with van der Waals surface area (Å²) >= 11 is 2.23. The fraction of sp³-hybridized carbons (Fsp3) is 0.429. The van der Waals surface area contributed by atoms with Crippen molar-refractivity contribution >= 4 is 34.5 Å². The summed E-state index contributed by atoms with van der Waals surface area (Å²) < 4.78 is 1.12. The zero-order valence-corrected chi connectivity index (χ0v) is 12.7. The maximum absolute atomic E-state index is 12.1. The van der Waals surface area contributed by atoms with Crippen molar-refractivity contribution < 1.29 is 14.7 Å². The molecular formula is C14H16INO3. The Morgan fingerprint density at radius 3 is 2.58 bits per heavy atom. The normalized spacial score (nSPS) is 16.4. The summed E-state index contributed by atoms with van der Waals surface area (Å²) in [5, 5.41) is 8.92. The van der Waals surface area contributed by atoms with Gasteiger partial charge in [-0.2, -0.15) is 0 Å². The van der Waals surface area contributed by atoms with Gasteiger partial charge in [0.25, 0.3) is 0 Å². The minimum atomic E-state index is -0.746. The molecule has 1 aromatic carbocycles. The number of hydrogen-bond acceptors (Lipinski definition) is 2. The zero-order valence-electron chi connectivity index (χ0n) is 10.5. The lowest BCUT2D eigenvalue weighted by atomic mass is 9.96. The number of piperidine rings is 1. The predicted molar refractivity (Wildman–Crippen MR) is 79.8 cm³/mol. The molecule has 102 valence electrons. The number of carboxylic acids is 1. The molecule has 0 aliphatic carbocycles. The number of carbonyl (C=O) groups excluding carboxylic acids is 1. The molecule has 2 rings (SSSR count). The molecule has 4 nitrogen and oxygen atoms in total. The molecular weight excluding hydrogens is 357 g/mol. The van der Waals surface area contributed by atoms with Crippen LogP contribution in [0.1, 0.15) is 18.4 Å². The average Bonchev–Trinajstić information content (AvgIpc) is 2.39. The smallest absolute Gasteiger partial charge is 0.306 e. The molecule has 1 fully saturated rings. The van der Waals surface area contributed by atoms with Crippen molar-refractivity contribution in [3.05, 3.63) is 33.4 Å². The number of nitrogens with zero attached hydrogens (tertiary/aromatic N) is 1. The number of carboxylic acid groups (broad SMARTS) is 1. The molecule has 5 heteroatoms. The van der Waals surface area contributed by atoms with E-state index < -0.39 is 5.97 Å². The van der Waals surface area contributed by atoms with E-state index in [9.17, 15) is 9.59 Å². The Hall–Kier alpha value is -1.11. The average molecular weight is 373 g/mol. The monoisotopic (exact) mass is 373 g/mol. The maximum atomic E-state index is 12.1. The van der Waals surface area contributed by atoms with Gasteiger partial charge in [0.1, 0.15) is 0 Å². The first-order valence-corrected chi connectivity index (χ1v) is 7.39. The van der Waals surface area contributed by atoms with Crippen LogP contribution in [0, 0.1) is 9.49 Å². The fourth-order valence-corrected chi connectivity index (χ4v) is 2.92. The maximum Gasteiger partial charge on any atom is 0.306 e. The van der Waals surface area contributed by atoms with Crippen LogP contribution < -0.4 is 0 Å². The summed E-state index contributed by atoms with van der Waals surface area (Å²) in [6.45, 7) is 1.11. The summed E-state index contributed by atoms with van der Waals surface area (Å²) in [6, 6.07) is 7.89. The van der Waals surface area contributed by atoms with E-state index in [0.717, 1.165) is 9.13 Å². The van der Waals surface area contributed by atoms with E-state index in [2.05, 4.69) is 22.6 Å². The molecule has 0 unspecified atom stereocenters. The van der Waals surface area contributed by atoms with Crippen LogP contribution in [0.15, 0.2) is 24.3 Å². The van der Waals surface area contributed by atoms with E-state index >= 15 is 0 Å². The van der Waals surface area contributed by atoms with Crippen LogP contribution in [0.5, 0.6) is 0 Å².